The van der Waals surface area contributed by atoms with Crippen molar-refractivity contribution in [3.8, 4) is 0 Å². The van der Waals surface area contributed by atoms with Crippen molar-refractivity contribution < 1.29 is 0 Å². The van der Waals surface area contributed by atoms with Crippen LogP contribution in [0.25, 0.3) is 0 Å². The highest BCUT2D eigenvalue weighted by Gasteiger charge is 2.29. The average Bonchev–Trinajstić information content (AvgIpc) is 3.13. The van der Waals surface area contributed by atoms with Crippen molar-refractivity contribution in [3.63, 3.8) is 0 Å². The maximum Gasteiger partial charge on any atom is 0.0192 e. The van der Waals surface area contributed by atoms with Crippen LogP contribution in [0.15, 0.2) is 0 Å². The first kappa shape index (κ1) is 13.4. The molecule has 0 saturated heterocycles. The first-order valence-corrected chi connectivity index (χ1v) is 7.62. The van der Waals surface area contributed by atoms with Gasteiger partial charge < -0.3 is 5.32 Å². The molecule has 0 amide bonds. The minimum Gasteiger partial charge on any atom is -0.312 e. The van der Waals surface area contributed by atoms with E-state index in [0.29, 0.717) is 6.04 Å². The van der Waals surface area contributed by atoms with Crippen molar-refractivity contribution in [1.29, 1.82) is 0 Å². The van der Waals surface area contributed by atoms with Crippen molar-refractivity contribution in [2.24, 2.45) is 5.92 Å². The molecule has 100 valence electrons. The largest absolute Gasteiger partial charge is 0.312 e. The number of nitrogens with zero attached hydrogens (tertiary/aromatic N) is 1. The lowest BCUT2D eigenvalue weighted by atomic mass is 10.0. The van der Waals surface area contributed by atoms with Gasteiger partial charge in [0, 0.05) is 24.7 Å². The van der Waals surface area contributed by atoms with E-state index in [9.17, 15) is 0 Å². The Bertz CT molecular complexity index is 225. The van der Waals surface area contributed by atoms with Crippen LogP contribution in [0, 0.1) is 5.92 Å². The molecule has 3 atom stereocenters. The molecule has 0 aromatic carbocycles. The van der Waals surface area contributed by atoms with Gasteiger partial charge in [0.1, 0.15) is 0 Å². The first-order valence-electron chi connectivity index (χ1n) is 7.62. The summed E-state index contributed by atoms with van der Waals surface area (Å²) in [6.07, 6.45) is 9.90. The highest BCUT2D eigenvalue weighted by Crippen LogP contribution is 2.27. The third-order valence-corrected chi connectivity index (χ3v) is 4.78. The second-order valence-electron chi connectivity index (χ2n) is 6.46. The Balaban J connectivity index is 1.66. The molecule has 0 bridgehead atoms. The number of likely N-dealkylation sites (N-methyl/N-ethyl adjacent to an activating group) is 1. The van der Waals surface area contributed by atoms with Crippen LogP contribution in [-0.2, 0) is 0 Å². The quantitative estimate of drug-likeness (QED) is 0.741. The lowest BCUT2D eigenvalue weighted by Crippen LogP contribution is -2.42. The third kappa shape index (κ3) is 4.26. The van der Waals surface area contributed by atoms with Crippen molar-refractivity contribution in [2.45, 2.75) is 76.9 Å². The third-order valence-electron chi connectivity index (χ3n) is 4.78. The summed E-state index contributed by atoms with van der Waals surface area (Å²) < 4.78 is 0. The average molecular weight is 238 g/mol. The van der Waals surface area contributed by atoms with Crippen molar-refractivity contribution in [3.05, 3.63) is 0 Å². The Labute approximate surface area is 107 Å². The molecule has 2 aliphatic carbocycles. The summed E-state index contributed by atoms with van der Waals surface area (Å²) in [6, 6.07) is 2.37. The van der Waals surface area contributed by atoms with E-state index >= 15 is 0 Å². The van der Waals surface area contributed by atoms with E-state index in [1.165, 1.54) is 51.5 Å². The van der Waals surface area contributed by atoms with Crippen LogP contribution in [0.4, 0.5) is 0 Å². The van der Waals surface area contributed by atoms with Crippen molar-refractivity contribution >= 4 is 0 Å². The van der Waals surface area contributed by atoms with Crippen LogP contribution in [-0.4, -0.2) is 36.6 Å². The van der Waals surface area contributed by atoms with E-state index in [4.69, 9.17) is 0 Å². The van der Waals surface area contributed by atoms with Crippen LogP contribution in [0.5, 0.6) is 0 Å². The van der Waals surface area contributed by atoms with Gasteiger partial charge in [-0.1, -0.05) is 19.8 Å². The van der Waals surface area contributed by atoms with Gasteiger partial charge in [-0.2, -0.15) is 0 Å². The van der Waals surface area contributed by atoms with Crippen LogP contribution in [0.1, 0.15) is 58.8 Å². The number of rotatable bonds is 5. The van der Waals surface area contributed by atoms with E-state index in [1.807, 2.05) is 0 Å². The van der Waals surface area contributed by atoms with Gasteiger partial charge >= 0.3 is 0 Å². The Morgan fingerprint density at radius 1 is 1.12 bits per heavy atom. The molecule has 2 fully saturated rings. The molecule has 0 aromatic rings. The number of nitrogens with one attached hydrogen (secondary N) is 1. The van der Waals surface area contributed by atoms with Gasteiger partial charge in [-0.25, -0.2) is 0 Å². The minimum absolute atomic E-state index is 0.697. The molecule has 2 nitrogen and oxygen atoms in total. The molecular formula is C15H30N2. The van der Waals surface area contributed by atoms with Gasteiger partial charge in [-0.05, 0) is 52.0 Å². The van der Waals surface area contributed by atoms with Gasteiger partial charge in [0.2, 0.25) is 0 Å². The zero-order valence-corrected chi connectivity index (χ0v) is 11.9. The van der Waals surface area contributed by atoms with Crippen molar-refractivity contribution in [1.82, 2.24) is 10.2 Å². The predicted octanol–water partition coefficient (Wildman–Crippen LogP) is 3.03. The number of hydrogen-bond donors (Lipinski definition) is 1. The molecule has 0 aliphatic heterocycles. The molecule has 1 N–H and O–H groups in total. The fraction of sp³-hybridized carbons (Fsp3) is 1.00. The Morgan fingerprint density at radius 3 is 2.59 bits per heavy atom. The molecular weight excluding hydrogens is 208 g/mol. The summed E-state index contributed by atoms with van der Waals surface area (Å²) >= 11 is 0. The predicted molar refractivity (Wildman–Crippen MR) is 74.3 cm³/mol. The van der Waals surface area contributed by atoms with E-state index in [1.54, 1.807) is 0 Å². The maximum atomic E-state index is 3.80. The lowest BCUT2D eigenvalue weighted by molar-refractivity contribution is 0.233. The second kappa shape index (κ2) is 6.19. The highest BCUT2D eigenvalue weighted by atomic mass is 15.2. The molecule has 2 saturated carbocycles. The topological polar surface area (TPSA) is 15.3 Å². The Morgan fingerprint density at radius 2 is 1.88 bits per heavy atom. The molecule has 2 aliphatic rings. The summed E-state index contributed by atoms with van der Waals surface area (Å²) in [5.41, 5.74) is 0. The van der Waals surface area contributed by atoms with Crippen LogP contribution < -0.4 is 5.32 Å². The molecule has 17 heavy (non-hydrogen) atoms. The fourth-order valence-corrected chi connectivity index (χ4v) is 3.01. The molecule has 0 radical (unpaired) electrons. The van der Waals surface area contributed by atoms with Crippen LogP contribution in [0.2, 0.25) is 0 Å². The highest BCUT2D eigenvalue weighted by molar-refractivity contribution is 4.86. The SMILES string of the molecule is CC1CCCC(NCC(C)N(C)C2CC2)CC1. The molecule has 0 spiro atoms. The molecule has 2 rings (SSSR count). The zero-order valence-electron chi connectivity index (χ0n) is 11.9. The maximum absolute atomic E-state index is 3.80. The first-order chi connectivity index (χ1) is 8.16. The second-order valence-corrected chi connectivity index (χ2v) is 6.46. The van der Waals surface area contributed by atoms with E-state index < -0.39 is 0 Å². The molecule has 3 unspecified atom stereocenters. The monoisotopic (exact) mass is 238 g/mol. The summed E-state index contributed by atoms with van der Waals surface area (Å²) in [6.45, 7) is 5.95. The standard InChI is InChI=1S/C15H30N2/c1-12-5-4-6-14(8-7-12)16-11-13(2)17(3)15-9-10-15/h12-16H,4-11H2,1-3H3. The van der Waals surface area contributed by atoms with Gasteiger partial charge in [-0.15, -0.1) is 0 Å². The Kier molecular flexibility index (Phi) is 4.87. The van der Waals surface area contributed by atoms with E-state index in [2.05, 4.69) is 31.1 Å². The summed E-state index contributed by atoms with van der Waals surface area (Å²) in [4.78, 5) is 2.56. The summed E-state index contributed by atoms with van der Waals surface area (Å²) in [7, 11) is 2.29. The minimum atomic E-state index is 0.697. The normalized spacial score (nSPS) is 32.5. The van der Waals surface area contributed by atoms with Gasteiger partial charge in [0.25, 0.3) is 0 Å². The van der Waals surface area contributed by atoms with Gasteiger partial charge in [0.15, 0.2) is 0 Å². The summed E-state index contributed by atoms with van der Waals surface area (Å²) in [5.74, 6) is 0.952. The smallest absolute Gasteiger partial charge is 0.0192 e. The lowest BCUT2D eigenvalue weighted by Gasteiger charge is -2.27. The fourth-order valence-electron chi connectivity index (χ4n) is 3.01. The molecule has 0 heterocycles. The van der Waals surface area contributed by atoms with Crippen LogP contribution >= 0.6 is 0 Å². The Hall–Kier alpha value is -0.0800. The van der Waals surface area contributed by atoms with E-state index in [0.717, 1.165) is 18.0 Å². The molecule has 0 aromatic heterocycles. The zero-order chi connectivity index (χ0) is 12.3. The van der Waals surface area contributed by atoms with Gasteiger partial charge in [0.05, 0.1) is 0 Å². The van der Waals surface area contributed by atoms with Crippen LogP contribution in [0.3, 0.4) is 0 Å². The summed E-state index contributed by atoms with van der Waals surface area (Å²) in [5, 5.41) is 3.80. The molecule has 2 heteroatoms. The van der Waals surface area contributed by atoms with E-state index in [-0.39, 0.29) is 0 Å². The van der Waals surface area contributed by atoms with Crippen molar-refractivity contribution in [2.75, 3.05) is 13.6 Å². The van der Waals surface area contributed by atoms with Gasteiger partial charge in [-0.3, -0.25) is 4.90 Å². The number of hydrogen-bond acceptors (Lipinski definition) is 2.